The number of hydrogen-bond donors (Lipinski definition) is 1. The van der Waals surface area contributed by atoms with Crippen LogP contribution in [-0.2, 0) is 11.3 Å². The normalized spacial score (nSPS) is 22.2. The van der Waals surface area contributed by atoms with Gasteiger partial charge in [0, 0.05) is 6.04 Å². The van der Waals surface area contributed by atoms with E-state index in [1.165, 1.54) is 0 Å². The molecule has 104 valence electrons. The van der Waals surface area contributed by atoms with Crippen LogP contribution in [0.4, 0.5) is 4.39 Å². The minimum atomic E-state index is -1.68. The van der Waals surface area contributed by atoms with Crippen LogP contribution in [0.25, 0.3) is 0 Å². The van der Waals surface area contributed by atoms with Gasteiger partial charge in [0.1, 0.15) is 0 Å². The highest BCUT2D eigenvalue weighted by Crippen LogP contribution is 2.37. The highest BCUT2D eigenvalue weighted by Gasteiger charge is 2.46. The average molecular weight is 267 g/mol. The second-order valence-electron chi connectivity index (χ2n) is 5.52. The first kappa shape index (κ1) is 12.5. The van der Waals surface area contributed by atoms with Crippen molar-refractivity contribution >= 4 is 5.91 Å². The van der Waals surface area contributed by atoms with E-state index < -0.39 is 5.67 Å². The van der Waals surface area contributed by atoms with E-state index in [2.05, 4.69) is 20.6 Å². The van der Waals surface area contributed by atoms with Crippen molar-refractivity contribution in [2.24, 2.45) is 0 Å². The number of halogens is 1. The van der Waals surface area contributed by atoms with Crippen molar-refractivity contribution in [2.75, 3.05) is 0 Å². The molecule has 19 heavy (non-hydrogen) atoms. The van der Waals surface area contributed by atoms with Crippen molar-refractivity contribution in [1.82, 2.24) is 25.5 Å². The first-order chi connectivity index (χ1) is 9.19. The molecule has 0 atom stereocenters. The number of H-pyrrole nitrogens is 1. The van der Waals surface area contributed by atoms with Gasteiger partial charge in [-0.2, -0.15) is 5.21 Å². The smallest absolute Gasteiger partial charge is 0.260 e. The summed E-state index contributed by atoms with van der Waals surface area (Å²) >= 11 is 0. The van der Waals surface area contributed by atoms with Crippen LogP contribution >= 0.6 is 0 Å². The summed E-state index contributed by atoms with van der Waals surface area (Å²) in [5, 5.41) is 13.5. The van der Waals surface area contributed by atoms with Gasteiger partial charge in [0.05, 0.1) is 6.54 Å². The monoisotopic (exact) mass is 267 g/mol. The Balaban J connectivity index is 1.74. The third kappa shape index (κ3) is 2.59. The lowest BCUT2D eigenvalue weighted by atomic mass is 9.85. The molecule has 6 nitrogen and oxygen atoms in total. The molecule has 1 amide bonds. The molecule has 0 aromatic carbocycles. The van der Waals surface area contributed by atoms with Crippen LogP contribution in [0, 0.1) is 0 Å². The molecule has 2 aliphatic carbocycles. The SMILES string of the molecule is O=C(N(Cc1nn[nH]n1)C1CC1)C1(F)CCCCC1. The Morgan fingerprint density at radius 1 is 1.37 bits per heavy atom. The molecule has 1 N–H and O–H groups in total. The summed E-state index contributed by atoms with van der Waals surface area (Å²) in [6, 6.07) is 0.153. The van der Waals surface area contributed by atoms with Crippen molar-refractivity contribution in [3.8, 4) is 0 Å². The van der Waals surface area contributed by atoms with Crippen LogP contribution < -0.4 is 0 Å². The van der Waals surface area contributed by atoms with Crippen molar-refractivity contribution in [1.29, 1.82) is 0 Å². The van der Waals surface area contributed by atoms with Crippen LogP contribution in [0.15, 0.2) is 0 Å². The van der Waals surface area contributed by atoms with E-state index in [0.29, 0.717) is 18.7 Å². The number of carbonyl (C=O) groups excluding carboxylic acids is 1. The van der Waals surface area contributed by atoms with Gasteiger partial charge in [-0.1, -0.05) is 11.6 Å². The number of alkyl halides is 1. The minimum absolute atomic E-state index is 0.153. The number of amides is 1. The average Bonchev–Trinajstić information content (AvgIpc) is 3.13. The molecule has 0 bridgehead atoms. The molecule has 1 aromatic rings. The Kier molecular flexibility index (Phi) is 3.20. The van der Waals surface area contributed by atoms with Crippen LogP contribution in [0.5, 0.6) is 0 Å². The van der Waals surface area contributed by atoms with E-state index >= 15 is 0 Å². The Morgan fingerprint density at radius 2 is 2.11 bits per heavy atom. The molecule has 7 heteroatoms. The van der Waals surface area contributed by atoms with Gasteiger partial charge in [-0.15, -0.1) is 10.2 Å². The fourth-order valence-corrected chi connectivity index (χ4v) is 2.74. The maximum Gasteiger partial charge on any atom is 0.260 e. The molecular weight excluding hydrogens is 249 g/mol. The van der Waals surface area contributed by atoms with Gasteiger partial charge in [-0.3, -0.25) is 4.79 Å². The third-order valence-electron chi connectivity index (χ3n) is 3.98. The predicted molar refractivity (Wildman–Crippen MR) is 64.7 cm³/mol. The molecule has 1 aromatic heterocycles. The maximum absolute atomic E-state index is 14.8. The number of nitrogens with zero attached hydrogens (tertiary/aromatic N) is 4. The number of carbonyl (C=O) groups is 1. The molecule has 2 saturated carbocycles. The lowest BCUT2D eigenvalue weighted by Crippen LogP contribution is -2.48. The Bertz CT molecular complexity index is 439. The number of tetrazole rings is 1. The molecule has 1 heterocycles. The van der Waals surface area contributed by atoms with Crippen molar-refractivity contribution in [2.45, 2.75) is 63.2 Å². The van der Waals surface area contributed by atoms with Gasteiger partial charge in [-0.05, 0) is 38.5 Å². The zero-order valence-corrected chi connectivity index (χ0v) is 10.8. The number of aromatic amines is 1. The summed E-state index contributed by atoms with van der Waals surface area (Å²) < 4.78 is 14.8. The van der Waals surface area contributed by atoms with Gasteiger partial charge in [0.15, 0.2) is 11.5 Å². The standard InChI is InChI=1S/C12H18FN5O/c13-12(6-2-1-3-7-12)11(19)18(9-4-5-9)8-10-14-16-17-15-10/h9H,1-8H2,(H,14,15,16,17). The zero-order valence-electron chi connectivity index (χ0n) is 10.8. The number of aromatic nitrogens is 4. The van der Waals surface area contributed by atoms with Crippen LogP contribution in [0.3, 0.4) is 0 Å². The molecule has 2 fully saturated rings. The summed E-state index contributed by atoms with van der Waals surface area (Å²) in [4.78, 5) is 14.1. The first-order valence-electron chi connectivity index (χ1n) is 6.91. The number of hydrogen-bond acceptors (Lipinski definition) is 4. The van der Waals surface area contributed by atoms with Gasteiger partial charge in [0.25, 0.3) is 5.91 Å². The largest absolute Gasteiger partial charge is 0.329 e. The van der Waals surface area contributed by atoms with E-state index in [1.54, 1.807) is 4.90 Å². The summed E-state index contributed by atoms with van der Waals surface area (Å²) in [6.07, 6.45) is 5.20. The van der Waals surface area contributed by atoms with Crippen molar-refractivity contribution in [3.05, 3.63) is 5.82 Å². The number of rotatable bonds is 4. The molecule has 0 unspecified atom stereocenters. The minimum Gasteiger partial charge on any atom is -0.329 e. The summed E-state index contributed by atoms with van der Waals surface area (Å²) in [5.41, 5.74) is -1.68. The van der Waals surface area contributed by atoms with Gasteiger partial charge < -0.3 is 4.90 Å². The summed E-state index contributed by atoms with van der Waals surface area (Å²) in [7, 11) is 0. The third-order valence-corrected chi connectivity index (χ3v) is 3.98. The van der Waals surface area contributed by atoms with Crippen LogP contribution in [-0.4, -0.2) is 43.1 Å². The van der Waals surface area contributed by atoms with E-state index in [1.807, 2.05) is 0 Å². The van der Waals surface area contributed by atoms with Gasteiger partial charge in [0.2, 0.25) is 0 Å². The lowest BCUT2D eigenvalue weighted by Gasteiger charge is -2.33. The summed E-state index contributed by atoms with van der Waals surface area (Å²) in [5.74, 6) is 0.0687. The van der Waals surface area contributed by atoms with Crippen LogP contribution in [0.1, 0.15) is 50.8 Å². The fraction of sp³-hybridized carbons (Fsp3) is 0.833. The van der Waals surface area contributed by atoms with E-state index in [-0.39, 0.29) is 18.5 Å². The predicted octanol–water partition coefficient (Wildman–Crippen LogP) is 1.36. The zero-order chi connectivity index (χ0) is 13.3. The topological polar surface area (TPSA) is 74.8 Å². The first-order valence-corrected chi connectivity index (χ1v) is 6.91. The molecule has 2 aliphatic rings. The Labute approximate surface area is 110 Å². The molecule has 0 spiro atoms. The lowest BCUT2D eigenvalue weighted by molar-refractivity contribution is -0.147. The molecule has 0 saturated heterocycles. The molecule has 0 radical (unpaired) electrons. The molecule has 3 rings (SSSR count). The second-order valence-corrected chi connectivity index (χ2v) is 5.52. The maximum atomic E-state index is 14.8. The van der Waals surface area contributed by atoms with E-state index in [0.717, 1.165) is 32.1 Å². The number of nitrogens with one attached hydrogen (secondary N) is 1. The molecule has 0 aliphatic heterocycles. The Hall–Kier alpha value is -1.53. The van der Waals surface area contributed by atoms with Crippen LogP contribution in [0.2, 0.25) is 0 Å². The highest BCUT2D eigenvalue weighted by molar-refractivity contribution is 5.85. The second kappa shape index (κ2) is 4.86. The van der Waals surface area contributed by atoms with Crippen molar-refractivity contribution < 1.29 is 9.18 Å². The summed E-state index contributed by atoms with van der Waals surface area (Å²) in [6.45, 7) is 0.256. The van der Waals surface area contributed by atoms with Crippen molar-refractivity contribution in [3.63, 3.8) is 0 Å². The quantitative estimate of drug-likeness (QED) is 0.894. The highest BCUT2D eigenvalue weighted by atomic mass is 19.1. The fourth-order valence-electron chi connectivity index (χ4n) is 2.74. The Morgan fingerprint density at radius 3 is 2.68 bits per heavy atom. The van der Waals surface area contributed by atoms with Gasteiger partial charge >= 0.3 is 0 Å². The van der Waals surface area contributed by atoms with Gasteiger partial charge in [-0.25, -0.2) is 4.39 Å². The molecular formula is C12H18FN5O. The van der Waals surface area contributed by atoms with E-state index in [4.69, 9.17) is 0 Å². The van der Waals surface area contributed by atoms with E-state index in [9.17, 15) is 9.18 Å².